The van der Waals surface area contributed by atoms with Crippen molar-refractivity contribution in [3.8, 4) is 11.5 Å². The molecule has 2 heterocycles. The number of aromatic nitrogens is 1. The molecule has 0 bridgehead atoms. The summed E-state index contributed by atoms with van der Waals surface area (Å²) in [5, 5.41) is 0. The molecule has 6 nitrogen and oxygen atoms in total. The zero-order valence-electron chi connectivity index (χ0n) is 14.9. The zero-order valence-corrected chi connectivity index (χ0v) is 16.5. The van der Waals surface area contributed by atoms with Gasteiger partial charge < -0.3 is 19.3 Å². The smallest absolute Gasteiger partial charge is 0.227 e. The minimum atomic E-state index is 0.118. The van der Waals surface area contributed by atoms with Crippen LogP contribution in [-0.2, 0) is 11.2 Å². The van der Waals surface area contributed by atoms with Crippen LogP contribution in [0, 0.1) is 0 Å². The Kier molecular flexibility index (Phi) is 5.98. The highest BCUT2D eigenvalue weighted by molar-refractivity contribution is 9.10. The van der Waals surface area contributed by atoms with Gasteiger partial charge in [0.2, 0.25) is 5.91 Å². The molecule has 138 valence electrons. The Labute approximate surface area is 161 Å². The number of hydrogen-bond acceptors (Lipinski definition) is 5. The van der Waals surface area contributed by atoms with Crippen LogP contribution >= 0.6 is 15.9 Å². The van der Waals surface area contributed by atoms with Crippen LogP contribution in [-0.4, -0.2) is 56.2 Å². The van der Waals surface area contributed by atoms with Crippen molar-refractivity contribution in [2.45, 2.75) is 6.42 Å². The van der Waals surface area contributed by atoms with Crippen molar-refractivity contribution >= 4 is 27.5 Å². The van der Waals surface area contributed by atoms with Crippen LogP contribution in [0.3, 0.4) is 0 Å². The van der Waals surface area contributed by atoms with Gasteiger partial charge in [0.1, 0.15) is 0 Å². The maximum Gasteiger partial charge on any atom is 0.227 e. The topological polar surface area (TPSA) is 54.9 Å². The molecule has 7 heteroatoms. The maximum atomic E-state index is 12.7. The number of hydrogen-bond donors (Lipinski definition) is 0. The summed E-state index contributed by atoms with van der Waals surface area (Å²) in [6.07, 6.45) is 3.92. The molecule has 0 saturated carbocycles. The SMILES string of the molecule is COc1cc(Br)c(CC(=O)N2CCN(c3ccncc3)CC2)cc1OC. The minimum Gasteiger partial charge on any atom is -0.493 e. The van der Waals surface area contributed by atoms with E-state index in [9.17, 15) is 4.79 Å². The fourth-order valence-electron chi connectivity index (χ4n) is 3.08. The number of ether oxygens (including phenoxy) is 2. The van der Waals surface area contributed by atoms with Gasteiger partial charge in [0.25, 0.3) is 0 Å². The number of rotatable bonds is 5. The summed E-state index contributed by atoms with van der Waals surface area (Å²) in [7, 11) is 3.19. The molecule has 0 spiro atoms. The molecule has 1 fully saturated rings. The van der Waals surface area contributed by atoms with Crippen molar-refractivity contribution < 1.29 is 14.3 Å². The number of nitrogens with zero attached hydrogens (tertiary/aromatic N) is 3. The molecule has 1 aromatic carbocycles. The lowest BCUT2D eigenvalue weighted by molar-refractivity contribution is -0.130. The third-order valence-electron chi connectivity index (χ3n) is 4.55. The Hall–Kier alpha value is -2.28. The van der Waals surface area contributed by atoms with E-state index >= 15 is 0 Å². The van der Waals surface area contributed by atoms with Crippen molar-refractivity contribution in [2.24, 2.45) is 0 Å². The van der Waals surface area contributed by atoms with E-state index in [2.05, 4.69) is 25.8 Å². The summed E-state index contributed by atoms with van der Waals surface area (Å²) >= 11 is 3.52. The molecular formula is C19H22BrN3O3. The van der Waals surface area contributed by atoms with Crippen molar-refractivity contribution in [3.63, 3.8) is 0 Å². The second kappa shape index (κ2) is 8.40. The molecular weight excluding hydrogens is 398 g/mol. The lowest BCUT2D eigenvalue weighted by atomic mass is 10.1. The Morgan fingerprint density at radius 3 is 2.31 bits per heavy atom. The molecule has 1 aromatic heterocycles. The first-order valence-electron chi connectivity index (χ1n) is 8.45. The fourth-order valence-corrected chi connectivity index (χ4v) is 3.54. The Morgan fingerprint density at radius 1 is 1.08 bits per heavy atom. The Morgan fingerprint density at radius 2 is 1.69 bits per heavy atom. The Bertz CT molecular complexity index is 762. The number of carbonyl (C=O) groups excluding carboxylic acids is 1. The summed E-state index contributed by atoms with van der Waals surface area (Å²) < 4.78 is 11.5. The monoisotopic (exact) mass is 419 g/mol. The van der Waals surface area contributed by atoms with E-state index in [1.165, 1.54) is 0 Å². The molecule has 0 N–H and O–H groups in total. The first kappa shape index (κ1) is 18.5. The van der Waals surface area contributed by atoms with E-state index in [-0.39, 0.29) is 5.91 Å². The highest BCUT2D eigenvalue weighted by Gasteiger charge is 2.22. The highest BCUT2D eigenvalue weighted by Crippen LogP contribution is 2.33. The second-order valence-electron chi connectivity index (χ2n) is 6.05. The molecule has 1 amide bonds. The van der Waals surface area contributed by atoms with Crippen LogP contribution in [0.5, 0.6) is 11.5 Å². The van der Waals surface area contributed by atoms with Gasteiger partial charge in [-0.05, 0) is 29.8 Å². The maximum absolute atomic E-state index is 12.7. The molecule has 0 aliphatic carbocycles. The molecule has 1 aliphatic rings. The van der Waals surface area contributed by atoms with Gasteiger partial charge in [0, 0.05) is 48.7 Å². The largest absolute Gasteiger partial charge is 0.493 e. The number of amides is 1. The van der Waals surface area contributed by atoms with E-state index in [4.69, 9.17) is 9.47 Å². The number of piperazine rings is 1. The molecule has 1 saturated heterocycles. The van der Waals surface area contributed by atoms with Gasteiger partial charge in [0.05, 0.1) is 20.6 Å². The van der Waals surface area contributed by atoms with E-state index in [0.717, 1.165) is 28.8 Å². The molecule has 2 aromatic rings. The minimum absolute atomic E-state index is 0.118. The number of methoxy groups -OCH3 is 2. The average molecular weight is 420 g/mol. The summed E-state index contributed by atoms with van der Waals surface area (Å²) in [6.45, 7) is 3.07. The van der Waals surface area contributed by atoms with Crippen molar-refractivity contribution in [3.05, 3.63) is 46.7 Å². The zero-order chi connectivity index (χ0) is 18.5. The predicted molar refractivity (Wildman–Crippen MR) is 104 cm³/mol. The molecule has 26 heavy (non-hydrogen) atoms. The third kappa shape index (κ3) is 4.09. The predicted octanol–water partition coefficient (Wildman–Crippen LogP) is 2.75. The van der Waals surface area contributed by atoms with E-state index in [1.807, 2.05) is 29.2 Å². The molecule has 0 atom stereocenters. The normalized spacial score (nSPS) is 14.3. The van der Waals surface area contributed by atoms with Gasteiger partial charge in [-0.1, -0.05) is 15.9 Å². The molecule has 3 rings (SSSR count). The number of pyridine rings is 1. The van der Waals surface area contributed by atoms with Gasteiger partial charge >= 0.3 is 0 Å². The van der Waals surface area contributed by atoms with Crippen LogP contribution in [0.4, 0.5) is 5.69 Å². The lowest BCUT2D eigenvalue weighted by Crippen LogP contribution is -2.49. The van der Waals surface area contributed by atoms with Crippen LogP contribution in [0.25, 0.3) is 0 Å². The first-order chi connectivity index (χ1) is 12.6. The van der Waals surface area contributed by atoms with Crippen LogP contribution in [0.15, 0.2) is 41.1 Å². The molecule has 0 unspecified atom stereocenters. The average Bonchev–Trinajstić information content (AvgIpc) is 2.69. The standard InChI is InChI=1S/C19H22BrN3O3/c1-25-17-11-14(16(20)13-18(17)26-2)12-19(24)23-9-7-22(8-10-23)15-3-5-21-6-4-15/h3-6,11,13H,7-10,12H2,1-2H3. The first-order valence-corrected chi connectivity index (χ1v) is 9.25. The summed E-state index contributed by atoms with van der Waals surface area (Å²) in [6, 6.07) is 7.69. The van der Waals surface area contributed by atoms with Gasteiger partial charge in [-0.15, -0.1) is 0 Å². The van der Waals surface area contributed by atoms with Crippen molar-refractivity contribution in [1.29, 1.82) is 0 Å². The van der Waals surface area contributed by atoms with Crippen LogP contribution in [0.1, 0.15) is 5.56 Å². The van der Waals surface area contributed by atoms with Gasteiger partial charge in [0.15, 0.2) is 11.5 Å². The number of benzene rings is 1. The quantitative estimate of drug-likeness (QED) is 0.745. The molecule has 1 aliphatic heterocycles. The number of halogens is 1. The molecule has 0 radical (unpaired) electrons. The summed E-state index contributed by atoms with van der Waals surface area (Å²) in [4.78, 5) is 21.0. The number of anilines is 1. The highest BCUT2D eigenvalue weighted by atomic mass is 79.9. The second-order valence-corrected chi connectivity index (χ2v) is 6.90. The number of carbonyl (C=O) groups is 1. The lowest BCUT2D eigenvalue weighted by Gasteiger charge is -2.36. The van der Waals surface area contributed by atoms with Crippen molar-refractivity contribution in [2.75, 3.05) is 45.3 Å². The van der Waals surface area contributed by atoms with Gasteiger partial charge in [-0.25, -0.2) is 0 Å². The summed E-state index contributed by atoms with van der Waals surface area (Å²) in [5.74, 6) is 1.38. The summed E-state index contributed by atoms with van der Waals surface area (Å²) in [5.41, 5.74) is 2.04. The fraction of sp³-hybridized carbons (Fsp3) is 0.368. The Balaban J connectivity index is 1.63. The van der Waals surface area contributed by atoms with Crippen LogP contribution < -0.4 is 14.4 Å². The van der Waals surface area contributed by atoms with E-state index < -0.39 is 0 Å². The van der Waals surface area contributed by atoms with Gasteiger partial charge in [-0.3, -0.25) is 9.78 Å². The van der Waals surface area contributed by atoms with Gasteiger partial charge in [-0.2, -0.15) is 0 Å². The third-order valence-corrected chi connectivity index (χ3v) is 5.29. The van der Waals surface area contributed by atoms with E-state index in [0.29, 0.717) is 31.0 Å². The van der Waals surface area contributed by atoms with Crippen LogP contribution in [0.2, 0.25) is 0 Å². The van der Waals surface area contributed by atoms with Crippen molar-refractivity contribution in [1.82, 2.24) is 9.88 Å². The van der Waals surface area contributed by atoms with E-state index in [1.54, 1.807) is 26.6 Å².